The molecule has 0 spiro atoms. The van der Waals surface area contributed by atoms with Gasteiger partial charge in [0.15, 0.2) is 5.13 Å². The van der Waals surface area contributed by atoms with Gasteiger partial charge in [0.05, 0.1) is 15.1 Å². The Labute approximate surface area is 176 Å². The van der Waals surface area contributed by atoms with Crippen molar-refractivity contribution in [2.45, 2.75) is 13.8 Å². The molecule has 1 saturated heterocycles. The summed E-state index contributed by atoms with van der Waals surface area (Å²) < 4.78 is 1.19. The maximum absolute atomic E-state index is 12.9. The summed E-state index contributed by atoms with van der Waals surface area (Å²) in [5, 5.41) is 12.5. The number of fused-ring (bicyclic) bond motifs is 1. The van der Waals surface area contributed by atoms with Gasteiger partial charge in [0, 0.05) is 37.3 Å². The molecule has 4 rings (SSSR count). The SMILES string of the molecule is Cc1ccc(C)c2sc(N3CCN(C(=O)c4cc(Cl)ccc4[N+](=O)[O-])CC3)nc12. The second kappa shape index (κ2) is 7.61. The molecule has 0 unspecified atom stereocenters. The van der Waals surface area contributed by atoms with Gasteiger partial charge in [0.2, 0.25) is 0 Å². The van der Waals surface area contributed by atoms with Crippen molar-refractivity contribution in [2.75, 3.05) is 31.1 Å². The quantitative estimate of drug-likeness (QED) is 0.453. The van der Waals surface area contributed by atoms with Crippen molar-refractivity contribution in [3.05, 3.63) is 62.2 Å². The summed E-state index contributed by atoms with van der Waals surface area (Å²) in [6.45, 7) is 6.32. The van der Waals surface area contributed by atoms with Crippen LogP contribution >= 0.6 is 22.9 Å². The minimum Gasteiger partial charge on any atom is -0.345 e. The number of carbonyl (C=O) groups excluding carboxylic acids is 1. The molecule has 0 radical (unpaired) electrons. The molecule has 1 amide bonds. The standard InChI is InChI=1S/C20H19ClN4O3S/c1-12-3-4-13(2)18-17(12)22-20(29-18)24-9-7-23(8-10-24)19(26)15-11-14(21)5-6-16(15)25(27)28/h3-6,11H,7-10H2,1-2H3. The second-order valence-corrected chi connectivity index (χ2v) is 8.49. The van der Waals surface area contributed by atoms with E-state index < -0.39 is 4.92 Å². The predicted octanol–water partition coefficient (Wildman–Crippen LogP) is 4.44. The number of halogens is 1. The lowest BCUT2D eigenvalue weighted by atomic mass is 10.1. The Morgan fingerprint density at radius 3 is 2.48 bits per heavy atom. The summed E-state index contributed by atoms with van der Waals surface area (Å²) in [5.74, 6) is -0.366. The molecule has 2 aromatic carbocycles. The second-order valence-electron chi connectivity index (χ2n) is 7.07. The molecule has 0 saturated carbocycles. The van der Waals surface area contributed by atoms with Crippen LogP contribution in [0, 0.1) is 24.0 Å². The van der Waals surface area contributed by atoms with Crippen molar-refractivity contribution in [2.24, 2.45) is 0 Å². The molecule has 0 aliphatic carbocycles. The lowest BCUT2D eigenvalue weighted by Crippen LogP contribution is -2.48. The van der Waals surface area contributed by atoms with Gasteiger partial charge in [-0.1, -0.05) is 35.1 Å². The monoisotopic (exact) mass is 430 g/mol. The number of hydrogen-bond donors (Lipinski definition) is 0. The summed E-state index contributed by atoms with van der Waals surface area (Å²) in [7, 11) is 0. The van der Waals surface area contributed by atoms with Crippen molar-refractivity contribution in [3.8, 4) is 0 Å². The van der Waals surface area contributed by atoms with E-state index >= 15 is 0 Å². The normalized spacial score (nSPS) is 14.4. The van der Waals surface area contributed by atoms with Gasteiger partial charge < -0.3 is 9.80 Å². The molecule has 3 aromatic rings. The van der Waals surface area contributed by atoms with Gasteiger partial charge in [-0.05, 0) is 37.1 Å². The lowest BCUT2D eigenvalue weighted by Gasteiger charge is -2.34. The number of nitro benzene ring substituents is 1. The van der Waals surface area contributed by atoms with Crippen LogP contribution < -0.4 is 4.90 Å². The number of aromatic nitrogens is 1. The van der Waals surface area contributed by atoms with Crippen molar-refractivity contribution < 1.29 is 9.72 Å². The summed E-state index contributed by atoms with van der Waals surface area (Å²) in [5.41, 5.74) is 3.19. The molecule has 1 fully saturated rings. The first-order valence-electron chi connectivity index (χ1n) is 9.20. The van der Waals surface area contributed by atoms with E-state index in [1.54, 1.807) is 16.2 Å². The Morgan fingerprint density at radius 1 is 1.14 bits per heavy atom. The third kappa shape index (κ3) is 3.65. The summed E-state index contributed by atoms with van der Waals surface area (Å²) in [6, 6.07) is 8.25. The molecule has 1 aromatic heterocycles. The van der Waals surface area contributed by atoms with Gasteiger partial charge in [-0.2, -0.15) is 0 Å². The fourth-order valence-electron chi connectivity index (χ4n) is 3.49. The maximum atomic E-state index is 12.9. The number of anilines is 1. The highest BCUT2D eigenvalue weighted by Gasteiger charge is 2.28. The first kappa shape index (κ1) is 19.6. The van der Waals surface area contributed by atoms with Gasteiger partial charge in [0.25, 0.3) is 11.6 Å². The van der Waals surface area contributed by atoms with E-state index in [0.717, 1.165) is 16.2 Å². The van der Waals surface area contributed by atoms with Gasteiger partial charge in [-0.3, -0.25) is 14.9 Å². The van der Waals surface area contributed by atoms with Crippen LogP contribution in [0.25, 0.3) is 10.2 Å². The topological polar surface area (TPSA) is 79.6 Å². The van der Waals surface area contributed by atoms with E-state index in [0.29, 0.717) is 31.2 Å². The molecule has 1 aliphatic rings. The fraction of sp³-hybridized carbons (Fsp3) is 0.300. The number of nitro groups is 1. The zero-order valence-corrected chi connectivity index (χ0v) is 17.6. The third-order valence-electron chi connectivity index (χ3n) is 5.15. The lowest BCUT2D eigenvalue weighted by molar-refractivity contribution is -0.385. The van der Waals surface area contributed by atoms with Crippen LogP contribution in [0.2, 0.25) is 5.02 Å². The van der Waals surface area contributed by atoms with E-state index in [1.165, 1.54) is 28.5 Å². The third-order valence-corrected chi connectivity index (χ3v) is 6.64. The zero-order chi connectivity index (χ0) is 20.7. The molecular formula is C20H19ClN4O3S. The number of nitrogens with zero attached hydrogens (tertiary/aromatic N) is 4. The number of benzene rings is 2. The van der Waals surface area contributed by atoms with Gasteiger partial charge in [-0.25, -0.2) is 4.98 Å². The Kier molecular flexibility index (Phi) is 5.14. The number of rotatable bonds is 3. The number of thiazole rings is 1. The van der Waals surface area contributed by atoms with Crippen molar-refractivity contribution in [1.29, 1.82) is 0 Å². The number of piperazine rings is 1. The van der Waals surface area contributed by atoms with Gasteiger partial charge in [-0.15, -0.1) is 0 Å². The van der Waals surface area contributed by atoms with Crippen LogP contribution in [-0.4, -0.2) is 46.9 Å². The van der Waals surface area contributed by atoms with E-state index in [4.69, 9.17) is 16.6 Å². The first-order chi connectivity index (χ1) is 13.8. The largest absolute Gasteiger partial charge is 0.345 e. The zero-order valence-electron chi connectivity index (χ0n) is 16.0. The molecular weight excluding hydrogens is 412 g/mol. The maximum Gasteiger partial charge on any atom is 0.282 e. The minimum atomic E-state index is -0.550. The van der Waals surface area contributed by atoms with Crippen molar-refractivity contribution in [3.63, 3.8) is 0 Å². The molecule has 9 heteroatoms. The molecule has 0 atom stereocenters. The van der Waals surface area contributed by atoms with Crippen molar-refractivity contribution >= 4 is 49.9 Å². The molecule has 150 valence electrons. The van der Waals surface area contributed by atoms with Crippen molar-refractivity contribution in [1.82, 2.24) is 9.88 Å². The molecule has 7 nitrogen and oxygen atoms in total. The number of hydrogen-bond acceptors (Lipinski definition) is 6. The number of amides is 1. The molecule has 0 N–H and O–H groups in total. The highest BCUT2D eigenvalue weighted by molar-refractivity contribution is 7.22. The molecule has 1 aliphatic heterocycles. The number of aryl methyl sites for hydroxylation is 2. The highest BCUT2D eigenvalue weighted by atomic mass is 35.5. The van der Waals surface area contributed by atoms with E-state index in [1.807, 2.05) is 0 Å². The minimum absolute atomic E-state index is 0.0298. The Morgan fingerprint density at radius 2 is 1.83 bits per heavy atom. The highest BCUT2D eigenvalue weighted by Crippen LogP contribution is 2.33. The van der Waals surface area contributed by atoms with Gasteiger partial charge in [0.1, 0.15) is 5.56 Å². The predicted molar refractivity (Wildman–Crippen MR) is 115 cm³/mol. The Bertz CT molecular complexity index is 1080. The van der Waals surface area contributed by atoms with Gasteiger partial charge >= 0.3 is 0 Å². The molecule has 29 heavy (non-hydrogen) atoms. The molecule has 2 heterocycles. The van der Waals surface area contributed by atoms with Crippen LogP contribution in [0.4, 0.5) is 10.8 Å². The van der Waals surface area contributed by atoms with Crippen LogP contribution in [0.5, 0.6) is 0 Å². The van der Waals surface area contributed by atoms with Crippen LogP contribution in [-0.2, 0) is 0 Å². The fourth-order valence-corrected chi connectivity index (χ4v) is 4.83. The van der Waals surface area contributed by atoms with Crippen LogP contribution in [0.3, 0.4) is 0 Å². The number of carbonyl (C=O) groups is 1. The van der Waals surface area contributed by atoms with E-state index in [2.05, 4.69) is 30.9 Å². The Hall–Kier alpha value is -2.71. The van der Waals surface area contributed by atoms with Crippen LogP contribution in [0.15, 0.2) is 30.3 Å². The van der Waals surface area contributed by atoms with Crippen LogP contribution in [0.1, 0.15) is 21.5 Å². The average molecular weight is 431 g/mol. The van der Waals surface area contributed by atoms with E-state index in [-0.39, 0.29) is 17.2 Å². The summed E-state index contributed by atoms with van der Waals surface area (Å²) in [6.07, 6.45) is 0. The summed E-state index contributed by atoms with van der Waals surface area (Å²) >= 11 is 7.63. The first-order valence-corrected chi connectivity index (χ1v) is 10.4. The average Bonchev–Trinajstić information content (AvgIpc) is 3.17. The summed E-state index contributed by atoms with van der Waals surface area (Å²) in [4.78, 5) is 32.2. The molecule has 0 bridgehead atoms. The van der Waals surface area contributed by atoms with E-state index in [9.17, 15) is 14.9 Å². The Balaban J connectivity index is 1.52. The smallest absolute Gasteiger partial charge is 0.282 e.